The Balaban J connectivity index is 2.20. The zero-order chi connectivity index (χ0) is 20.5. The zero-order valence-electron chi connectivity index (χ0n) is 16.8. The summed E-state index contributed by atoms with van der Waals surface area (Å²) in [5, 5.41) is 4.21. The predicted molar refractivity (Wildman–Crippen MR) is 106 cm³/mol. The van der Waals surface area contributed by atoms with Gasteiger partial charge >= 0.3 is 5.97 Å². The average molecular weight is 386 g/mol. The van der Waals surface area contributed by atoms with Gasteiger partial charge in [-0.15, -0.1) is 0 Å². The summed E-state index contributed by atoms with van der Waals surface area (Å²) in [6, 6.07) is 12.4. The van der Waals surface area contributed by atoms with Gasteiger partial charge in [-0.25, -0.2) is 4.79 Å². The number of aryl methyl sites for hydroxylation is 1. The summed E-state index contributed by atoms with van der Waals surface area (Å²) < 4.78 is 10.0. The lowest BCUT2D eigenvalue weighted by Gasteiger charge is -2.19. The molecule has 0 heterocycles. The van der Waals surface area contributed by atoms with Gasteiger partial charge in [-0.05, 0) is 54.8 Å². The Morgan fingerprint density at radius 2 is 1.82 bits per heavy atom. The number of hydroxylamine groups is 1. The molecule has 1 atom stereocenters. The Bertz CT molecular complexity index is 818. The average Bonchev–Trinajstić information content (AvgIpc) is 2.72. The maximum Gasteiger partial charge on any atom is 0.329 e. The summed E-state index contributed by atoms with van der Waals surface area (Å²) in [7, 11) is 4.41. The Hall–Kier alpha value is -2.90. The first-order valence-electron chi connectivity index (χ1n) is 8.77. The van der Waals surface area contributed by atoms with Crippen LogP contribution in [-0.2, 0) is 25.8 Å². The van der Waals surface area contributed by atoms with Crippen molar-refractivity contribution in [3.05, 3.63) is 64.7 Å². The van der Waals surface area contributed by atoms with Crippen LogP contribution in [0.2, 0.25) is 0 Å². The number of carbonyl (C=O) groups is 1. The zero-order valence-corrected chi connectivity index (χ0v) is 16.8. The molecular formula is C21H26N2O5. The lowest BCUT2D eigenvalue weighted by Crippen LogP contribution is -2.30. The Morgan fingerprint density at radius 3 is 2.43 bits per heavy atom. The molecule has 2 aromatic rings. The minimum atomic E-state index is -0.764. The van der Waals surface area contributed by atoms with Gasteiger partial charge in [-0.2, -0.15) is 5.48 Å². The van der Waals surface area contributed by atoms with Crippen LogP contribution in [0.4, 0.5) is 0 Å². The number of hydrogen-bond acceptors (Lipinski definition) is 7. The number of nitrogens with zero attached hydrogens (tertiary/aromatic N) is 1. The smallest absolute Gasteiger partial charge is 0.329 e. The van der Waals surface area contributed by atoms with Gasteiger partial charge < -0.3 is 19.1 Å². The SMILES string of the molecule is CONC(C(=O)OC)c1cccc(C)c1CO/N=C(\C)c1ccc(OC)cc1. The van der Waals surface area contributed by atoms with E-state index in [1.165, 1.54) is 14.2 Å². The second-order valence-corrected chi connectivity index (χ2v) is 6.10. The van der Waals surface area contributed by atoms with E-state index in [1.54, 1.807) is 7.11 Å². The molecule has 0 bridgehead atoms. The molecule has 0 amide bonds. The van der Waals surface area contributed by atoms with Crippen LogP contribution in [0, 0.1) is 6.92 Å². The molecule has 0 saturated heterocycles. The number of oxime groups is 1. The molecule has 0 saturated carbocycles. The predicted octanol–water partition coefficient (Wildman–Crippen LogP) is 3.31. The molecule has 0 radical (unpaired) electrons. The quantitative estimate of drug-likeness (QED) is 0.405. The van der Waals surface area contributed by atoms with Crippen LogP contribution < -0.4 is 10.2 Å². The van der Waals surface area contributed by atoms with Gasteiger partial charge in [0.15, 0.2) is 6.04 Å². The summed E-state index contributed by atoms with van der Waals surface area (Å²) in [5.74, 6) is 0.327. The van der Waals surface area contributed by atoms with Crippen LogP contribution in [0.25, 0.3) is 0 Å². The largest absolute Gasteiger partial charge is 0.497 e. The maximum absolute atomic E-state index is 12.1. The summed E-state index contributed by atoms with van der Waals surface area (Å²) in [6.07, 6.45) is 0. The summed E-state index contributed by atoms with van der Waals surface area (Å²) >= 11 is 0. The normalized spacial score (nSPS) is 12.4. The third kappa shape index (κ3) is 5.31. The highest BCUT2D eigenvalue weighted by Crippen LogP contribution is 2.24. The van der Waals surface area contributed by atoms with Crippen LogP contribution in [0.3, 0.4) is 0 Å². The van der Waals surface area contributed by atoms with E-state index in [0.29, 0.717) is 5.56 Å². The monoisotopic (exact) mass is 386 g/mol. The number of methoxy groups -OCH3 is 2. The number of nitrogens with one attached hydrogen (secondary N) is 1. The van der Waals surface area contributed by atoms with E-state index in [0.717, 1.165) is 28.2 Å². The summed E-state index contributed by atoms with van der Waals surface area (Å²) in [6.45, 7) is 4.02. The fourth-order valence-electron chi connectivity index (χ4n) is 2.75. The van der Waals surface area contributed by atoms with E-state index >= 15 is 0 Å². The molecule has 0 aliphatic rings. The topological polar surface area (TPSA) is 78.4 Å². The van der Waals surface area contributed by atoms with E-state index in [1.807, 2.05) is 56.3 Å². The van der Waals surface area contributed by atoms with E-state index in [9.17, 15) is 4.79 Å². The van der Waals surface area contributed by atoms with Crippen molar-refractivity contribution in [3.63, 3.8) is 0 Å². The third-order valence-corrected chi connectivity index (χ3v) is 4.35. The lowest BCUT2D eigenvalue weighted by atomic mass is 9.97. The Morgan fingerprint density at radius 1 is 1.11 bits per heavy atom. The molecule has 1 unspecified atom stereocenters. The standard InChI is InChI=1S/C21H26N2O5/c1-14-7-6-8-18(20(23-27-5)21(24)26-4)19(14)13-28-22-15(2)16-9-11-17(25-3)12-10-16/h6-12,20,23H,13H2,1-5H3/b22-15+. The molecule has 0 aliphatic carbocycles. The fourth-order valence-corrected chi connectivity index (χ4v) is 2.75. The van der Waals surface area contributed by atoms with Crippen molar-refractivity contribution in [2.75, 3.05) is 21.3 Å². The number of rotatable bonds is 9. The second kappa shape index (κ2) is 10.4. The maximum atomic E-state index is 12.1. The van der Waals surface area contributed by atoms with Crippen LogP contribution in [0.1, 0.15) is 35.2 Å². The molecule has 0 fully saturated rings. The van der Waals surface area contributed by atoms with Gasteiger partial charge in [-0.1, -0.05) is 23.4 Å². The van der Waals surface area contributed by atoms with Gasteiger partial charge in [0.05, 0.1) is 27.0 Å². The lowest BCUT2D eigenvalue weighted by molar-refractivity contribution is -0.147. The Kier molecular flexibility index (Phi) is 7.98. The third-order valence-electron chi connectivity index (χ3n) is 4.35. The summed E-state index contributed by atoms with van der Waals surface area (Å²) in [5.41, 5.74) is 6.87. The van der Waals surface area contributed by atoms with Gasteiger partial charge in [0, 0.05) is 5.56 Å². The highest BCUT2D eigenvalue weighted by molar-refractivity contribution is 5.98. The number of benzene rings is 2. The van der Waals surface area contributed by atoms with Gasteiger partial charge in [-0.3, -0.25) is 0 Å². The molecule has 7 heteroatoms. The highest BCUT2D eigenvalue weighted by atomic mass is 16.6. The van der Waals surface area contributed by atoms with Crippen molar-refractivity contribution in [2.45, 2.75) is 26.5 Å². The van der Waals surface area contributed by atoms with Gasteiger partial charge in [0.1, 0.15) is 12.4 Å². The van der Waals surface area contributed by atoms with Crippen molar-refractivity contribution < 1.29 is 23.9 Å². The first kappa shape index (κ1) is 21.4. The molecule has 0 aliphatic heterocycles. The van der Waals surface area contributed by atoms with Crippen LogP contribution >= 0.6 is 0 Å². The fraction of sp³-hybridized carbons (Fsp3) is 0.333. The van der Waals surface area contributed by atoms with E-state index < -0.39 is 12.0 Å². The van der Waals surface area contributed by atoms with Crippen molar-refractivity contribution in [3.8, 4) is 5.75 Å². The van der Waals surface area contributed by atoms with Crippen molar-refractivity contribution in [1.29, 1.82) is 0 Å². The van der Waals surface area contributed by atoms with E-state index in [4.69, 9.17) is 19.1 Å². The molecule has 2 rings (SSSR count). The summed E-state index contributed by atoms with van der Waals surface area (Å²) in [4.78, 5) is 22.7. The Labute approximate surface area is 165 Å². The molecule has 2 aromatic carbocycles. The van der Waals surface area contributed by atoms with Gasteiger partial charge in [0.25, 0.3) is 0 Å². The van der Waals surface area contributed by atoms with E-state index in [-0.39, 0.29) is 6.61 Å². The molecule has 150 valence electrons. The minimum Gasteiger partial charge on any atom is -0.497 e. The van der Waals surface area contributed by atoms with Crippen molar-refractivity contribution in [2.24, 2.45) is 5.16 Å². The highest BCUT2D eigenvalue weighted by Gasteiger charge is 2.25. The molecule has 0 aromatic heterocycles. The first-order valence-corrected chi connectivity index (χ1v) is 8.77. The van der Waals surface area contributed by atoms with Crippen LogP contribution in [0.15, 0.2) is 47.6 Å². The molecule has 7 nitrogen and oxygen atoms in total. The number of esters is 1. The number of hydrogen-bond donors (Lipinski definition) is 1. The van der Waals surface area contributed by atoms with Crippen LogP contribution in [-0.4, -0.2) is 33.0 Å². The number of ether oxygens (including phenoxy) is 2. The van der Waals surface area contributed by atoms with Crippen molar-refractivity contribution in [1.82, 2.24) is 5.48 Å². The molecule has 0 spiro atoms. The molecule has 28 heavy (non-hydrogen) atoms. The second-order valence-electron chi connectivity index (χ2n) is 6.10. The first-order chi connectivity index (χ1) is 13.5. The van der Waals surface area contributed by atoms with Crippen molar-refractivity contribution >= 4 is 11.7 Å². The molecular weight excluding hydrogens is 360 g/mol. The number of carbonyl (C=O) groups excluding carboxylic acids is 1. The minimum absolute atomic E-state index is 0.203. The van der Waals surface area contributed by atoms with E-state index in [2.05, 4.69) is 10.6 Å². The molecule has 1 N–H and O–H groups in total. The van der Waals surface area contributed by atoms with Crippen LogP contribution in [0.5, 0.6) is 5.75 Å². The van der Waals surface area contributed by atoms with Gasteiger partial charge in [0.2, 0.25) is 0 Å².